The summed E-state index contributed by atoms with van der Waals surface area (Å²) in [5.41, 5.74) is 0.333. The van der Waals surface area contributed by atoms with Crippen molar-refractivity contribution in [2.75, 3.05) is 7.05 Å². The third-order valence-electron chi connectivity index (χ3n) is 5.42. The second kappa shape index (κ2) is 7.54. The predicted octanol–water partition coefficient (Wildman–Crippen LogP) is 4.49. The van der Waals surface area contributed by atoms with Crippen molar-refractivity contribution in [1.82, 2.24) is 10.2 Å². The van der Waals surface area contributed by atoms with E-state index in [-0.39, 0.29) is 33.7 Å². The van der Waals surface area contributed by atoms with Crippen LogP contribution < -0.4 is 5.32 Å². The Morgan fingerprint density at radius 1 is 1.03 bits per heavy atom. The van der Waals surface area contributed by atoms with Crippen LogP contribution in [0.1, 0.15) is 46.1 Å². The summed E-state index contributed by atoms with van der Waals surface area (Å²) in [6.45, 7) is 8.72. The van der Waals surface area contributed by atoms with Crippen molar-refractivity contribution in [2.45, 2.75) is 57.7 Å². The number of fused-ring (bicyclic) bond motifs is 1. The van der Waals surface area contributed by atoms with Gasteiger partial charge in [-0.1, -0.05) is 6.07 Å². The monoisotopic (exact) mass is 414 g/mol. The molecule has 0 atom stereocenters. The first-order valence-electron chi connectivity index (χ1n) is 9.70. The molecule has 2 aromatic rings. The number of thioether (sulfide) groups is 1. The third-order valence-corrected chi connectivity index (χ3v) is 6.32. The summed E-state index contributed by atoms with van der Waals surface area (Å²) < 4.78 is 0. The van der Waals surface area contributed by atoms with Crippen LogP contribution in [0.2, 0.25) is 0 Å². The average molecular weight is 415 g/mol. The normalized spacial score (nSPS) is 18.5. The molecule has 0 amide bonds. The number of nitrogens with one attached hydrogen (secondary N) is 3. The largest absolute Gasteiger partial charge is 0.508 e. The molecule has 1 saturated heterocycles. The Morgan fingerprint density at radius 2 is 1.66 bits per heavy atom. The predicted molar refractivity (Wildman–Crippen MR) is 122 cm³/mol. The summed E-state index contributed by atoms with van der Waals surface area (Å²) in [7, 11) is 1.91. The molecule has 2 aromatic carbocycles. The van der Waals surface area contributed by atoms with Gasteiger partial charge in [0.2, 0.25) is 0 Å². The molecule has 0 radical (unpaired) electrons. The summed E-state index contributed by atoms with van der Waals surface area (Å²) in [4.78, 5) is 1.94. The van der Waals surface area contributed by atoms with Crippen molar-refractivity contribution in [3.63, 3.8) is 0 Å². The molecule has 3 rings (SSSR count). The topological polar surface area (TPSA) is 103 Å². The fourth-order valence-electron chi connectivity index (χ4n) is 4.39. The van der Waals surface area contributed by atoms with Crippen molar-refractivity contribution in [3.8, 4) is 11.5 Å². The molecule has 0 aliphatic carbocycles. The first-order valence-corrected chi connectivity index (χ1v) is 10.5. The summed E-state index contributed by atoms with van der Waals surface area (Å²) in [5.74, 6) is 0.102. The molecule has 5 N–H and O–H groups in total. The van der Waals surface area contributed by atoms with Crippen molar-refractivity contribution >= 4 is 32.7 Å². The minimum absolute atomic E-state index is 0.0265. The minimum atomic E-state index is -0.0276. The Kier molecular flexibility index (Phi) is 5.58. The Morgan fingerprint density at radius 3 is 2.28 bits per heavy atom. The number of benzene rings is 2. The fraction of sp³-hybridized carbons (Fsp3) is 0.455. The van der Waals surface area contributed by atoms with E-state index in [4.69, 9.17) is 10.8 Å². The Labute approximate surface area is 176 Å². The molecular weight excluding hydrogens is 384 g/mol. The maximum absolute atomic E-state index is 10.4. The highest BCUT2D eigenvalue weighted by atomic mass is 32.2. The molecule has 1 fully saturated rings. The second-order valence-corrected chi connectivity index (χ2v) is 10.2. The first-order chi connectivity index (χ1) is 13.4. The standard InChI is InChI=1S/C22H30N4O2S/c1-21(2)11-15(12-22(3,4)25-21)26(5)20(24)29-19(23)17-9-13-6-7-16(27)8-14(13)10-18(17)28/h6-10,15,23-25,27-28H,11-12H2,1-5H3. The molecule has 0 unspecified atom stereocenters. The van der Waals surface area contributed by atoms with Gasteiger partial charge in [0.25, 0.3) is 0 Å². The number of hydrogen-bond donors (Lipinski definition) is 5. The molecular formula is C22H30N4O2S. The number of phenolic OH excluding ortho intramolecular Hbond substituents is 2. The van der Waals surface area contributed by atoms with Gasteiger partial charge in [-0.3, -0.25) is 10.8 Å². The fourth-order valence-corrected chi connectivity index (χ4v) is 5.15. The lowest BCUT2D eigenvalue weighted by molar-refractivity contribution is 0.114. The number of piperidine rings is 1. The van der Waals surface area contributed by atoms with E-state index >= 15 is 0 Å². The first kappa shape index (κ1) is 21.5. The summed E-state index contributed by atoms with van der Waals surface area (Å²) >= 11 is 1.04. The molecule has 1 aliphatic heterocycles. The number of hydrogen-bond acceptors (Lipinski definition) is 6. The van der Waals surface area contributed by atoms with Gasteiger partial charge in [-0.05, 0) is 87.3 Å². The maximum atomic E-state index is 10.4. The summed E-state index contributed by atoms with van der Waals surface area (Å²) in [6, 6.07) is 8.38. The Hall–Kier alpha value is -2.25. The van der Waals surface area contributed by atoms with Gasteiger partial charge >= 0.3 is 0 Å². The lowest BCUT2D eigenvalue weighted by atomic mass is 9.79. The number of aromatic hydroxyl groups is 2. The van der Waals surface area contributed by atoms with Crippen LogP contribution in [0.25, 0.3) is 10.8 Å². The smallest absolute Gasteiger partial charge is 0.162 e. The molecule has 156 valence electrons. The van der Waals surface area contributed by atoms with Gasteiger partial charge < -0.3 is 20.4 Å². The molecule has 0 spiro atoms. The lowest BCUT2D eigenvalue weighted by Crippen LogP contribution is -2.62. The molecule has 1 aliphatic rings. The van der Waals surface area contributed by atoms with E-state index in [2.05, 4.69) is 33.0 Å². The second-order valence-electron chi connectivity index (χ2n) is 9.20. The molecule has 0 bridgehead atoms. The van der Waals surface area contributed by atoms with E-state index in [9.17, 15) is 10.2 Å². The highest BCUT2D eigenvalue weighted by Gasteiger charge is 2.39. The number of rotatable bonds is 2. The van der Waals surface area contributed by atoms with E-state index in [1.165, 1.54) is 0 Å². The van der Waals surface area contributed by atoms with Crippen LogP contribution in [-0.4, -0.2) is 49.5 Å². The van der Waals surface area contributed by atoms with E-state index in [0.717, 1.165) is 30.0 Å². The van der Waals surface area contributed by atoms with Crippen molar-refractivity contribution in [3.05, 3.63) is 35.9 Å². The highest BCUT2D eigenvalue weighted by Crippen LogP contribution is 2.34. The van der Waals surface area contributed by atoms with E-state index in [1.807, 2.05) is 11.9 Å². The van der Waals surface area contributed by atoms with Gasteiger partial charge in [0.15, 0.2) is 5.17 Å². The van der Waals surface area contributed by atoms with Gasteiger partial charge in [0.1, 0.15) is 16.5 Å². The van der Waals surface area contributed by atoms with Crippen LogP contribution in [0.4, 0.5) is 0 Å². The van der Waals surface area contributed by atoms with Crippen LogP contribution >= 0.6 is 11.8 Å². The van der Waals surface area contributed by atoms with E-state index in [0.29, 0.717) is 16.1 Å². The molecule has 1 heterocycles. The Bertz CT molecular complexity index is 955. The van der Waals surface area contributed by atoms with E-state index in [1.54, 1.807) is 30.3 Å². The maximum Gasteiger partial charge on any atom is 0.162 e. The number of phenols is 2. The SMILES string of the molecule is CN(C(=N)SC(=N)c1cc2ccc(O)cc2cc1O)C1CC(C)(C)NC(C)(C)C1. The zero-order valence-corrected chi connectivity index (χ0v) is 18.4. The van der Waals surface area contributed by atoms with Crippen molar-refractivity contribution in [2.24, 2.45) is 0 Å². The van der Waals surface area contributed by atoms with Crippen LogP contribution in [0.3, 0.4) is 0 Å². The van der Waals surface area contributed by atoms with Crippen LogP contribution in [0, 0.1) is 10.8 Å². The molecule has 29 heavy (non-hydrogen) atoms. The quantitative estimate of drug-likeness (QED) is 0.368. The highest BCUT2D eigenvalue weighted by molar-refractivity contribution is 8.26. The van der Waals surface area contributed by atoms with Crippen molar-refractivity contribution < 1.29 is 10.2 Å². The zero-order valence-electron chi connectivity index (χ0n) is 17.6. The molecule has 7 heteroatoms. The van der Waals surface area contributed by atoms with Gasteiger partial charge in [0.05, 0.1) is 0 Å². The van der Waals surface area contributed by atoms with Crippen LogP contribution in [0.5, 0.6) is 11.5 Å². The van der Waals surface area contributed by atoms with Crippen molar-refractivity contribution in [1.29, 1.82) is 10.8 Å². The van der Waals surface area contributed by atoms with Crippen LogP contribution in [0.15, 0.2) is 30.3 Å². The summed E-state index contributed by atoms with van der Waals surface area (Å²) in [6.07, 6.45) is 1.82. The lowest BCUT2D eigenvalue weighted by Gasteiger charge is -2.49. The third kappa shape index (κ3) is 4.85. The minimum Gasteiger partial charge on any atom is -0.508 e. The zero-order chi connectivity index (χ0) is 21.6. The average Bonchev–Trinajstić information content (AvgIpc) is 2.57. The van der Waals surface area contributed by atoms with Gasteiger partial charge in [-0.25, -0.2) is 0 Å². The number of nitrogens with zero attached hydrogens (tertiary/aromatic N) is 1. The number of amidine groups is 1. The molecule has 0 saturated carbocycles. The van der Waals surface area contributed by atoms with Gasteiger partial charge in [0, 0.05) is 29.7 Å². The van der Waals surface area contributed by atoms with E-state index < -0.39 is 0 Å². The molecule has 0 aromatic heterocycles. The molecule has 6 nitrogen and oxygen atoms in total. The van der Waals surface area contributed by atoms with Gasteiger partial charge in [-0.15, -0.1) is 0 Å². The van der Waals surface area contributed by atoms with Gasteiger partial charge in [-0.2, -0.15) is 0 Å². The summed E-state index contributed by atoms with van der Waals surface area (Å²) in [5, 5.41) is 42.6. The van der Waals surface area contributed by atoms with Crippen LogP contribution in [-0.2, 0) is 0 Å². The Balaban J connectivity index is 1.76.